The molecule has 0 spiro atoms. The highest BCUT2D eigenvalue weighted by atomic mass is 19.1. The average molecular weight is 466 g/mol. The Balaban J connectivity index is 1.66. The van der Waals surface area contributed by atoms with Gasteiger partial charge in [0.1, 0.15) is 11.5 Å². The second-order valence-corrected chi connectivity index (χ2v) is 8.98. The smallest absolute Gasteiger partial charge is 0.272 e. The number of aryl methyl sites for hydroxylation is 1. The Labute approximate surface area is 199 Å². The van der Waals surface area contributed by atoms with E-state index in [1.807, 2.05) is 18.7 Å². The van der Waals surface area contributed by atoms with Gasteiger partial charge < -0.3 is 10.2 Å². The van der Waals surface area contributed by atoms with Crippen molar-refractivity contribution >= 4 is 23.1 Å². The van der Waals surface area contributed by atoms with E-state index in [9.17, 15) is 14.0 Å². The lowest BCUT2D eigenvalue weighted by molar-refractivity contribution is -0.116. The van der Waals surface area contributed by atoms with Gasteiger partial charge in [-0.25, -0.2) is 13.9 Å². The molecular formula is C26H32FN5O2. The van der Waals surface area contributed by atoms with Gasteiger partial charge in [-0.1, -0.05) is 26.7 Å². The first-order chi connectivity index (χ1) is 16.4. The van der Waals surface area contributed by atoms with Crippen LogP contribution in [0, 0.1) is 5.82 Å². The van der Waals surface area contributed by atoms with Crippen LogP contribution in [0.5, 0.6) is 0 Å². The van der Waals surface area contributed by atoms with Gasteiger partial charge in [0.25, 0.3) is 5.91 Å². The summed E-state index contributed by atoms with van der Waals surface area (Å²) in [4.78, 5) is 31.7. The molecule has 1 aliphatic rings. The first-order valence-electron chi connectivity index (χ1n) is 12.2. The first kappa shape index (κ1) is 23.9. The number of benzene rings is 1. The van der Waals surface area contributed by atoms with E-state index in [0.717, 1.165) is 44.3 Å². The maximum atomic E-state index is 14.9. The summed E-state index contributed by atoms with van der Waals surface area (Å²) in [5, 5.41) is 7.29. The lowest BCUT2D eigenvalue weighted by Crippen LogP contribution is -2.38. The van der Waals surface area contributed by atoms with Crippen molar-refractivity contribution in [2.24, 2.45) is 0 Å². The molecule has 1 fully saturated rings. The van der Waals surface area contributed by atoms with Crippen molar-refractivity contribution in [3.05, 3.63) is 47.5 Å². The van der Waals surface area contributed by atoms with Crippen molar-refractivity contribution in [1.82, 2.24) is 19.5 Å². The van der Waals surface area contributed by atoms with Gasteiger partial charge in [-0.3, -0.25) is 9.59 Å². The van der Waals surface area contributed by atoms with Crippen LogP contribution in [0.2, 0.25) is 0 Å². The van der Waals surface area contributed by atoms with E-state index in [0.29, 0.717) is 41.1 Å². The maximum Gasteiger partial charge on any atom is 0.272 e. The van der Waals surface area contributed by atoms with E-state index in [1.165, 1.54) is 6.07 Å². The van der Waals surface area contributed by atoms with Crippen LogP contribution in [0.4, 0.5) is 10.1 Å². The highest BCUT2D eigenvalue weighted by Gasteiger charge is 2.25. The minimum atomic E-state index is -0.481. The number of aromatic nitrogens is 3. The van der Waals surface area contributed by atoms with Gasteiger partial charge in [0.15, 0.2) is 5.65 Å². The van der Waals surface area contributed by atoms with Crippen molar-refractivity contribution in [1.29, 1.82) is 0 Å². The zero-order valence-corrected chi connectivity index (χ0v) is 20.1. The fraction of sp³-hybridized carbons (Fsp3) is 0.462. The quantitative estimate of drug-likeness (QED) is 0.540. The number of nitrogens with zero attached hydrogens (tertiary/aromatic N) is 4. The van der Waals surface area contributed by atoms with Crippen molar-refractivity contribution < 1.29 is 14.0 Å². The SMILES string of the molecule is CCCC(=O)Nc1ccc(-c2cc3nc(C(=O)N4CCCCCC4C)cc(CC)n3n2)c(F)c1. The second kappa shape index (κ2) is 10.3. The van der Waals surface area contributed by atoms with Crippen LogP contribution in [-0.4, -0.2) is 43.9 Å². The van der Waals surface area contributed by atoms with Gasteiger partial charge in [0.2, 0.25) is 5.91 Å². The van der Waals surface area contributed by atoms with Gasteiger partial charge in [0.05, 0.1) is 5.69 Å². The molecule has 7 nitrogen and oxygen atoms in total. The van der Waals surface area contributed by atoms with Gasteiger partial charge >= 0.3 is 0 Å². The van der Waals surface area contributed by atoms with E-state index in [2.05, 4.69) is 22.3 Å². The zero-order valence-electron chi connectivity index (χ0n) is 20.1. The molecule has 0 saturated carbocycles. The highest BCUT2D eigenvalue weighted by molar-refractivity contribution is 5.93. The molecule has 180 valence electrons. The summed E-state index contributed by atoms with van der Waals surface area (Å²) >= 11 is 0. The normalized spacial score (nSPS) is 16.5. The molecule has 4 rings (SSSR count). The van der Waals surface area contributed by atoms with Crippen LogP contribution in [0.3, 0.4) is 0 Å². The molecule has 2 amide bonds. The number of amides is 2. The molecule has 0 bridgehead atoms. The standard InChI is InChI=1S/C26H32FN5O2/c1-4-9-25(33)28-18-11-12-20(21(27)14-18)22-16-24-29-23(15-19(5-2)32(24)30-22)26(34)31-13-8-6-7-10-17(31)3/h11-12,14-17H,4-10,13H2,1-3H3,(H,28,33). The van der Waals surface area contributed by atoms with Gasteiger partial charge in [0, 0.05) is 42.0 Å². The summed E-state index contributed by atoms with van der Waals surface area (Å²) < 4.78 is 16.6. The number of fused-ring (bicyclic) bond motifs is 1. The van der Waals surface area contributed by atoms with Crippen LogP contribution in [-0.2, 0) is 11.2 Å². The fourth-order valence-electron chi connectivity index (χ4n) is 4.50. The van der Waals surface area contributed by atoms with Crippen LogP contribution in [0.15, 0.2) is 30.3 Å². The molecule has 1 N–H and O–H groups in total. The van der Waals surface area contributed by atoms with Crippen molar-refractivity contribution in [3.63, 3.8) is 0 Å². The molecule has 1 atom stereocenters. The van der Waals surface area contributed by atoms with E-state index in [-0.39, 0.29) is 17.9 Å². The number of anilines is 1. The number of carbonyl (C=O) groups is 2. The third-order valence-electron chi connectivity index (χ3n) is 6.40. The summed E-state index contributed by atoms with van der Waals surface area (Å²) in [6.07, 6.45) is 6.04. The molecule has 1 saturated heterocycles. The summed E-state index contributed by atoms with van der Waals surface area (Å²) in [7, 11) is 0. The van der Waals surface area contributed by atoms with Crippen molar-refractivity contribution in [2.45, 2.75) is 71.8 Å². The molecule has 2 aromatic heterocycles. The molecule has 3 aromatic rings. The van der Waals surface area contributed by atoms with Gasteiger partial charge in [-0.2, -0.15) is 5.10 Å². The third-order valence-corrected chi connectivity index (χ3v) is 6.40. The summed E-state index contributed by atoms with van der Waals surface area (Å²) in [6.45, 7) is 6.74. The maximum absolute atomic E-state index is 14.9. The molecule has 0 aliphatic carbocycles. The highest BCUT2D eigenvalue weighted by Crippen LogP contribution is 2.27. The Morgan fingerprint density at radius 1 is 1.15 bits per heavy atom. The fourth-order valence-corrected chi connectivity index (χ4v) is 4.50. The van der Waals surface area contributed by atoms with Crippen LogP contribution in [0.25, 0.3) is 16.9 Å². The molecule has 1 aliphatic heterocycles. The summed E-state index contributed by atoms with van der Waals surface area (Å²) in [6, 6.07) is 8.26. The van der Waals surface area contributed by atoms with Crippen molar-refractivity contribution in [2.75, 3.05) is 11.9 Å². The molecular weight excluding hydrogens is 433 g/mol. The molecule has 1 aromatic carbocycles. The minimum Gasteiger partial charge on any atom is -0.335 e. The lowest BCUT2D eigenvalue weighted by atomic mass is 10.1. The lowest BCUT2D eigenvalue weighted by Gasteiger charge is -2.27. The minimum absolute atomic E-state index is 0.0623. The zero-order chi connectivity index (χ0) is 24.2. The number of carbonyl (C=O) groups excluding carboxylic acids is 2. The van der Waals surface area contributed by atoms with Gasteiger partial charge in [-0.05, 0) is 56.9 Å². The molecule has 8 heteroatoms. The predicted octanol–water partition coefficient (Wildman–Crippen LogP) is 5.24. The van der Waals surface area contributed by atoms with E-state index in [4.69, 9.17) is 0 Å². The van der Waals surface area contributed by atoms with Crippen molar-refractivity contribution in [3.8, 4) is 11.3 Å². The number of rotatable bonds is 6. The predicted molar refractivity (Wildman–Crippen MR) is 130 cm³/mol. The Bertz CT molecular complexity index is 1210. The average Bonchev–Trinajstić information content (AvgIpc) is 3.12. The van der Waals surface area contributed by atoms with Crippen LogP contribution < -0.4 is 5.32 Å². The Morgan fingerprint density at radius 3 is 2.71 bits per heavy atom. The van der Waals surface area contributed by atoms with E-state index >= 15 is 0 Å². The number of nitrogens with one attached hydrogen (secondary N) is 1. The number of halogens is 1. The molecule has 3 heterocycles. The number of hydrogen-bond acceptors (Lipinski definition) is 4. The number of likely N-dealkylation sites (tertiary alicyclic amines) is 1. The topological polar surface area (TPSA) is 79.6 Å². The third kappa shape index (κ3) is 4.95. The first-order valence-corrected chi connectivity index (χ1v) is 12.2. The van der Waals surface area contributed by atoms with Crippen LogP contribution >= 0.6 is 0 Å². The number of hydrogen-bond donors (Lipinski definition) is 1. The largest absolute Gasteiger partial charge is 0.335 e. The second-order valence-electron chi connectivity index (χ2n) is 8.98. The van der Waals surface area contributed by atoms with E-state index < -0.39 is 5.82 Å². The summed E-state index contributed by atoms with van der Waals surface area (Å²) in [5.74, 6) is -0.687. The Kier molecular flexibility index (Phi) is 7.24. The monoisotopic (exact) mass is 465 g/mol. The molecule has 1 unspecified atom stereocenters. The summed E-state index contributed by atoms with van der Waals surface area (Å²) in [5.41, 5.74) is 2.91. The van der Waals surface area contributed by atoms with E-state index in [1.54, 1.807) is 28.8 Å². The molecule has 0 radical (unpaired) electrons. The Hall–Kier alpha value is -3.29. The Morgan fingerprint density at radius 2 is 1.97 bits per heavy atom. The van der Waals surface area contributed by atoms with Crippen LogP contribution in [0.1, 0.15) is 75.5 Å². The van der Waals surface area contributed by atoms with Gasteiger partial charge in [-0.15, -0.1) is 0 Å². The molecule has 34 heavy (non-hydrogen) atoms.